The molecule has 0 fully saturated rings. The van der Waals surface area contributed by atoms with Crippen molar-refractivity contribution in [1.82, 2.24) is 24.4 Å². The number of rotatable bonds is 7. The zero-order chi connectivity index (χ0) is 28.5. The summed E-state index contributed by atoms with van der Waals surface area (Å²) >= 11 is 1.16. The largest absolute Gasteiger partial charge is 0.490 e. The molecule has 0 saturated carbocycles. The molecular weight excluding hydrogens is 547 g/mol. The Kier molecular flexibility index (Phi) is 6.65. The fourth-order valence-electron chi connectivity index (χ4n) is 4.22. The molecule has 6 rings (SSSR count). The molecule has 0 bridgehead atoms. The molecule has 0 saturated heterocycles. The summed E-state index contributed by atoms with van der Waals surface area (Å²) in [5.41, 5.74) is 2.49. The maximum atomic E-state index is 13.3. The lowest BCUT2D eigenvalue weighted by molar-refractivity contribution is -0.385. The first-order valence-electron chi connectivity index (χ1n) is 12.2. The Bertz CT molecular complexity index is 2050. The number of hydrogen-bond acceptors (Lipinski definition) is 8. The van der Waals surface area contributed by atoms with E-state index in [1.807, 2.05) is 30.3 Å². The van der Waals surface area contributed by atoms with Gasteiger partial charge in [0.05, 0.1) is 22.3 Å². The van der Waals surface area contributed by atoms with Crippen LogP contribution in [0.4, 0.5) is 10.1 Å². The summed E-state index contributed by atoms with van der Waals surface area (Å²) in [5, 5.41) is 20.7. The highest BCUT2D eigenvalue weighted by Crippen LogP contribution is 2.33. The molecule has 0 radical (unpaired) electrons. The van der Waals surface area contributed by atoms with Gasteiger partial charge in [0.1, 0.15) is 11.5 Å². The van der Waals surface area contributed by atoms with Crippen LogP contribution in [0.1, 0.15) is 17.0 Å². The number of hydrogen-bond donors (Lipinski definition) is 0. The number of nitro benzene ring substituents is 1. The molecule has 0 spiro atoms. The monoisotopic (exact) mass is 566 g/mol. The summed E-state index contributed by atoms with van der Waals surface area (Å²) in [5.74, 6) is 0.140. The Morgan fingerprint density at radius 3 is 2.51 bits per heavy atom. The first-order valence-corrected chi connectivity index (χ1v) is 13.0. The topological polar surface area (TPSA) is 117 Å². The van der Waals surface area contributed by atoms with Crippen molar-refractivity contribution in [3.8, 4) is 22.7 Å². The van der Waals surface area contributed by atoms with Crippen molar-refractivity contribution in [3.05, 3.63) is 127 Å². The number of nitro groups is 1. The molecule has 3 heterocycles. The molecule has 12 heteroatoms. The van der Waals surface area contributed by atoms with E-state index in [2.05, 4.69) is 10.1 Å². The van der Waals surface area contributed by atoms with Gasteiger partial charge in [0.15, 0.2) is 11.6 Å². The smallest absolute Gasteiger partial charge is 0.311 e. The number of aromatic nitrogens is 5. The molecule has 202 valence electrons. The van der Waals surface area contributed by atoms with Crippen LogP contribution in [0.5, 0.6) is 5.75 Å². The van der Waals surface area contributed by atoms with Crippen LogP contribution in [0.2, 0.25) is 0 Å². The van der Waals surface area contributed by atoms with Crippen molar-refractivity contribution in [2.45, 2.75) is 0 Å². The molecule has 41 heavy (non-hydrogen) atoms. The average Bonchev–Trinajstić information content (AvgIpc) is 3.67. The molecule has 3 aromatic heterocycles. The molecule has 0 unspecified atom stereocenters. The first kappa shape index (κ1) is 25.8. The van der Waals surface area contributed by atoms with Gasteiger partial charge in [-0.2, -0.15) is 14.6 Å². The van der Waals surface area contributed by atoms with Gasteiger partial charge in [-0.1, -0.05) is 47.7 Å². The van der Waals surface area contributed by atoms with E-state index < -0.39 is 4.92 Å². The summed E-state index contributed by atoms with van der Waals surface area (Å²) in [6.07, 6.45) is 6.81. The van der Waals surface area contributed by atoms with Gasteiger partial charge in [0, 0.05) is 23.4 Å². The molecule has 3 aromatic carbocycles. The Balaban J connectivity index is 1.43. The van der Waals surface area contributed by atoms with Gasteiger partial charge in [-0.05, 0) is 54.1 Å². The minimum Gasteiger partial charge on any atom is -0.490 e. The van der Waals surface area contributed by atoms with Crippen LogP contribution < -0.4 is 14.8 Å². The maximum absolute atomic E-state index is 13.3. The summed E-state index contributed by atoms with van der Waals surface area (Å²) in [6.45, 7) is 0. The van der Waals surface area contributed by atoms with E-state index in [1.54, 1.807) is 47.3 Å². The number of ether oxygens (including phenoxy) is 1. The van der Waals surface area contributed by atoms with Crippen LogP contribution >= 0.6 is 11.3 Å². The summed E-state index contributed by atoms with van der Waals surface area (Å²) < 4.78 is 21.5. The van der Waals surface area contributed by atoms with E-state index in [1.165, 1.54) is 35.9 Å². The summed E-state index contributed by atoms with van der Waals surface area (Å²) in [6, 6.07) is 19.9. The van der Waals surface area contributed by atoms with Crippen LogP contribution in [0.3, 0.4) is 0 Å². The molecule has 0 aliphatic rings. The second-order valence-electron chi connectivity index (χ2n) is 8.82. The van der Waals surface area contributed by atoms with Crippen molar-refractivity contribution in [2.24, 2.45) is 0 Å². The van der Waals surface area contributed by atoms with E-state index in [-0.39, 0.29) is 22.8 Å². The maximum Gasteiger partial charge on any atom is 0.311 e. The Hall–Kier alpha value is -5.49. The Labute approximate surface area is 235 Å². The van der Waals surface area contributed by atoms with Crippen molar-refractivity contribution < 1.29 is 14.1 Å². The number of para-hydroxylation sites is 1. The van der Waals surface area contributed by atoms with Crippen LogP contribution in [0, 0.1) is 15.9 Å². The van der Waals surface area contributed by atoms with E-state index in [0.717, 1.165) is 22.6 Å². The highest BCUT2D eigenvalue weighted by molar-refractivity contribution is 7.15. The zero-order valence-electron chi connectivity index (χ0n) is 21.3. The normalized spacial score (nSPS) is 12.0. The van der Waals surface area contributed by atoms with Gasteiger partial charge in [-0.25, -0.2) is 9.07 Å². The number of thiazole rings is 1. The molecule has 10 nitrogen and oxygen atoms in total. The molecule has 0 aliphatic carbocycles. The van der Waals surface area contributed by atoms with Gasteiger partial charge in [0.2, 0.25) is 4.96 Å². The summed E-state index contributed by atoms with van der Waals surface area (Å²) in [4.78, 5) is 29.2. The van der Waals surface area contributed by atoms with Gasteiger partial charge >= 0.3 is 5.69 Å². The Morgan fingerprint density at radius 2 is 1.80 bits per heavy atom. The molecular formula is C29H19FN6O4S. The molecule has 0 N–H and O–H groups in total. The van der Waals surface area contributed by atoms with Crippen LogP contribution in [0.15, 0.2) is 83.8 Å². The predicted molar refractivity (Wildman–Crippen MR) is 153 cm³/mol. The first-order chi connectivity index (χ1) is 19.9. The van der Waals surface area contributed by atoms with Crippen LogP contribution in [-0.2, 0) is 0 Å². The number of benzene rings is 3. The standard InChI is InChI=1S/C29H19FN6O4S/c1-40-24-13-10-19(15-23(24)36(38)39)27-20(17-34(33-27)22-5-3-2-4-6-22)16-25-28(37)35-29(41-25)31-26(32-35)14-9-18-7-11-21(30)12-8-18/h2-17H,1H3/b14-9+,25-16-. The van der Waals surface area contributed by atoms with E-state index >= 15 is 0 Å². The van der Waals surface area contributed by atoms with Gasteiger partial charge in [0.25, 0.3) is 5.56 Å². The van der Waals surface area contributed by atoms with Crippen molar-refractivity contribution in [3.63, 3.8) is 0 Å². The highest BCUT2D eigenvalue weighted by Gasteiger charge is 2.20. The number of methoxy groups -OCH3 is 1. The average molecular weight is 567 g/mol. The minimum absolute atomic E-state index is 0.128. The fourth-order valence-corrected chi connectivity index (χ4v) is 5.12. The van der Waals surface area contributed by atoms with E-state index in [0.29, 0.717) is 32.1 Å². The number of halogens is 1. The van der Waals surface area contributed by atoms with Gasteiger partial charge in [-0.3, -0.25) is 14.9 Å². The third-order valence-corrected chi connectivity index (χ3v) is 7.15. The lowest BCUT2D eigenvalue weighted by Crippen LogP contribution is -2.23. The fraction of sp³-hybridized carbons (Fsp3) is 0.0345. The zero-order valence-corrected chi connectivity index (χ0v) is 22.2. The Morgan fingerprint density at radius 1 is 1.02 bits per heavy atom. The SMILES string of the molecule is COc1ccc(-c2nn(-c3ccccc3)cc2/C=c2\sc3nc(/C=C/c4ccc(F)cc4)nn3c2=O)cc1[N+](=O)[O-]. The third-order valence-electron chi connectivity index (χ3n) is 6.19. The van der Waals surface area contributed by atoms with Crippen LogP contribution in [-0.4, -0.2) is 36.4 Å². The van der Waals surface area contributed by atoms with Crippen molar-refractivity contribution in [2.75, 3.05) is 7.11 Å². The molecule has 0 aliphatic heterocycles. The van der Waals surface area contributed by atoms with Crippen molar-refractivity contribution in [1.29, 1.82) is 0 Å². The lowest BCUT2D eigenvalue weighted by atomic mass is 10.1. The van der Waals surface area contributed by atoms with Crippen LogP contribution in [0.25, 0.3) is 40.1 Å². The van der Waals surface area contributed by atoms with Gasteiger partial charge in [-0.15, -0.1) is 5.10 Å². The number of fused-ring (bicyclic) bond motifs is 1. The van der Waals surface area contributed by atoms with E-state index in [9.17, 15) is 19.3 Å². The van der Waals surface area contributed by atoms with E-state index in [4.69, 9.17) is 9.84 Å². The molecule has 0 amide bonds. The lowest BCUT2D eigenvalue weighted by Gasteiger charge is -2.04. The number of nitrogens with zero attached hydrogens (tertiary/aromatic N) is 6. The molecule has 6 aromatic rings. The summed E-state index contributed by atoms with van der Waals surface area (Å²) in [7, 11) is 1.37. The van der Waals surface area contributed by atoms with Gasteiger partial charge < -0.3 is 4.74 Å². The highest BCUT2D eigenvalue weighted by atomic mass is 32.1. The second-order valence-corrected chi connectivity index (χ2v) is 9.83. The molecule has 0 atom stereocenters. The third kappa shape index (κ3) is 5.11. The minimum atomic E-state index is -0.516. The second kappa shape index (κ2) is 10.6. The predicted octanol–water partition coefficient (Wildman–Crippen LogP) is 4.78. The van der Waals surface area contributed by atoms with Crippen molar-refractivity contribution >= 4 is 40.2 Å². The quantitative estimate of drug-likeness (QED) is 0.202.